The number of nitrogens with one attached hydrogen (secondary N) is 3. The van der Waals surface area contributed by atoms with Gasteiger partial charge in [0.1, 0.15) is 5.82 Å². The Morgan fingerprint density at radius 3 is 2.50 bits per heavy atom. The molecule has 0 radical (unpaired) electrons. The predicted molar refractivity (Wildman–Crippen MR) is 114 cm³/mol. The molecule has 1 heterocycles. The first-order valence-electron chi connectivity index (χ1n) is 9.50. The van der Waals surface area contributed by atoms with Crippen LogP contribution in [0, 0.1) is 5.82 Å². The highest BCUT2D eigenvalue weighted by atomic mass is 19.1. The molecule has 1 aromatic heterocycles. The summed E-state index contributed by atoms with van der Waals surface area (Å²) in [5.41, 5.74) is 2.39. The van der Waals surface area contributed by atoms with E-state index in [1.54, 1.807) is 24.4 Å². The van der Waals surface area contributed by atoms with Crippen LogP contribution in [0.25, 0.3) is 11.3 Å². The number of rotatable bonds is 8. The van der Waals surface area contributed by atoms with Crippen LogP contribution in [0.3, 0.4) is 0 Å². The molecule has 3 N–H and O–H groups in total. The minimum atomic E-state index is -0.538. The zero-order valence-corrected chi connectivity index (χ0v) is 16.5. The van der Waals surface area contributed by atoms with Crippen LogP contribution >= 0.6 is 0 Å². The van der Waals surface area contributed by atoms with Crippen LogP contribution in [0.1, 0.15) is 23.7 Å². The van der Waals surface area contributed by atoms with Gasteiger partial charge in [-0.3, -0.25) is 9.59 Å². The lowest BCUT2D eigenvalue weighted by molar-refractivity contribution is -0.114. The van der Waals surface area contributed by atoms with Gasteiger partial charge in [-0.05, 0) is 36.8 Å². The van der Waals surface area contributed by atoms with E-state index in [2.05, 4.69) is 25.9 Å². The third-order valence-corrected chi connectivity index (χ3v) is 4.20. The number of aromatic nitrogens is 2. The SMILES string of the molecule is CC(=O)Nc1ccc(-c2ccnc(NCCCNC(=O)c3ccccc3F)n2)cc1. The molecule has 3 aromatic rings. The smallest absolute Gasteiger partial charge is 0.254 e. The highest BCUT2D eigenvalue weighted by molar-refractivity contribution is 5.94. The highest BCUT2D eigenvalue weighted by Crippen LogP contribution is 2.20. The van der Waals surface area contributed by atoms with Crippen LogP contribution in [-0.2, 0) is 4.79 Å². The summed E-state index contributed by atoms with van der Waals surface area (Å²) in [6.07, 6.45) is 2.28. The third kappa shape index (κ3) is 5.84. The monoisotopic (exact) mass is 407 g/mol. The minimum Gasteiger partial charge on any atom is -0.354 e. The molecule has 0 spiro atoms. The van der Waals surface area contributed by atoms with E-state index in [4.69, 9.17) is 0 Å². The molecule has 7 nitrogen and oxygen atoms in total. The summed E-state index contributed by atoms with van der Waals surface area (Å²) in [6.45, 7) is 2.40. The highest BCUT2D eigenvalue weighted by Gasteiger charge is 2.09. The van der Waals surface area contributed by atoms with E-state index in [1.807, 2.05) is 24.3 Å². The van der Waals surface area contributed by atoms with Gasteiger partial charge in [0.2, 0.25) is 11.9 Å². The maximum Gasteiger partial charge on any atom is 0.254 e. The molecule has 2 aromatic carbocycles. The lowest BCUT2D eigenvalue weighted by atomic mass is 10.1. The van der Waals surface area contributed by atoms with E-state index >= 15 is 0 Å². The van der Waals surface area contributed by atoms with Gasteiger partial charge < -0.3 is 16.0 Å². The molecule has 0 saturated carbocycles. The third-order valence-electron chi connectivity index (χ3n) is 4.20. The van der Waals surface area contributed by atoms with E-state index in [-0.39, 0.29) is 11.5 Å². The normalized spacial score (nSPS) is 10.3. The number of amides is 2. The van der Waals surface area contributed by atoms with Crippen LogP contribution in [0.4, 0.5) is 16.0 Å². The summed E-state index contributed by atoms with van der Waals surface area (Å²) < 4.78 is 13.6. The number of anilines is 2. The second-order valence-electron chi connectivity index (χ2n) is 6.54. The van der Waals surface area contributed by atoms with Crippen LogP contribution < -0.4 is 16.0 Å². The Morgan fingerprint density at radius 1 is 1.00 bits per heavy atom. The molecule has 3 rings (SSSR count). The van der Waals surface area contributed by atoms with Crippen LogP contribution in [0.2, 0.25) is 0 Å². The summed E-state index contributed by atoms with van der Waals surface area (Å²) in [5.74, 6) is -0.627. The Hall–Kier alpha value is -3.81. The number of hydrogen-bond acceptors (Lipinski definition) is 5. The molecular formula is C22H22FN5O2. The minimum absolute atomic E-state index is 0.0333. The molecule has 0 aliphatic heterocycles. The second kappa shape index (κ2) is 10.1. The Labute approximate surface area is 173 Å². The van der Waals surface area contributed by atoms with E-state index in [0.717, 1.165) is 16.9 Å². The Kier molecular flexibility index (Phi) is 7.05. The van der Waals surface area contributed by atoms with E-state index in [1.165, 1.54) is 19.1 Å². The lowest BCUT2D eigenvalue weighted by Crippen LogP contribution is -2.26. The van der Waals surface area contributed by atoms with Crippen LogP contribution in [-0.4, -0.2) is 34.9 Å². The fourth-order valence-corrected chi connectivity index (χ4v) is 2.76. The fourth-order valence-electron chi connectivity index (χ4n) is 2.76. The van der Waals surface area contributed by atoms with Crippen molar-refractivity contribution in [1.82, 2.24) is 15.3 Å². The van der Waals surface area contributed by atoms with Crippen molar-refractivity contribution in [1.29, 1.82) is 0 Å². The number of nitrogens with zero attached hydrogens (tertiary/aromatic N) is 2. The summed E-state index contributed by atoms with van der Waals surface area (Å²) in [6, 6.07) is 15.0. The summed E-state index contributed by atoms with van der Waals surface area (Å²) in [4.78, 5) is 31.7. The number of halogens is 1. The first-order valence-corrected chi connectivity index (χ1v) is 9.50. The van der Waals surface area contributed by atoms with Gasteiger partial charge in [0, 0.05) is 37.5 Å². The Morgan fingerprint density at radius 2 is 1.77 bits per heavy atom. The lowest BCUT2D eigenvalue weighted by Gasteiger charge is -2.09. The second-order valence-corrected chi connectivity index (χ2v) is 6.54. The zero-order valence-electron chi connectivity index (χ0n) is 16.5. The number of carbonyl (C=O) groups is 2. The van der Waals surface area contributed by atoms with E-state index in [9.17, 15) is 14.0 Å². The van der Waals surface area contributed by atoms with Crippen molar-refractivity contribution in [3.8, 4) is 11.3 Å². The molecule has 0 fully saturated rings. The number of benzene rings is 2. The van der Waals surface area contributed by atoms with Crippen molar-refractivity contribution in [3.05, 3.63) is 72.2 Å². The van der Waals surface area contributed by atoms with Gasteiger partial charge in [-0.1, -0.05) is 24.3 Å². The molecule has 154 valence electrons. The quantitative estimate of drug-likeness (QED) is 0.497. The number of hydrogen-bond donors (Lipinski definition) is 3. The summed E-state index contributed by atoms with van der Waals surface area (Å²) in [7, 11) is 0. The molecule has 0 saturated heterocycles. The topological polar surface area (TPSA) is 96.0 Å². The van der Waals surface area contributed by atoms with Gasteiger partial charge >= 0.3 is 0 Å². The average molecular weight is 407 g/mol. The molecule has 0 unspecified atom stereocenters. The first kappa shape index (κ1) is 20.9. The van der Waals surface area contributed by atoms with Crippen molar-refractivity contribution in [2.24, 2.45) is 0 Å². The summed E-state index contributed by atoms with van der Waals surface area (Å²) in [5, 5.41) is 8.53. The van der Waals surface area contributed by atoms with Crippen LogP contribution in [0.5, 0.6) is 0 Å². The zero-order chi connectivity index (χ0) is 21.3. The molecule has 0 atom stereocenters. The molecule has 8 heteroatoms. The maximum atomic E-state index is 13.6. The standard InChI is InChI=1S/C22H22FN5O2/c1-15(29)27-17-9-7-16(8-10-17)20-11-14-26-22(28-20)25-13-4-12-24-21(30)18-5-2-3-6-19(18)23/h2-3,5-11,14H,4,12-13H2,1H3,(H,24,30)(H,27,29)(H,25,26,28). The van der Waals surface area contributed by atoms with Gasteiger partial charge in [0.05, 0.1) is 11.3 Å². The van der Waals surface area contributed by atoms with Crippen molar-refractivity contribution in [2.75, 3.05) is 23.7 Å². The molecular weight excluding hydrogens is 385 g/mol. The predicted octanol–water partition coefficient (Wildman–Crippen LogP) is 3.47. The molecule has 0 bridgehead atoms. The average Bonchev–Trinajstić information content (AvgIpc) is 2.74. The van der Waals surface area contributed by atoms with E-state index in [0.29, 0.717) is 25.5 Å². The van der Waals surface area contributed by atoms with Crippen molar-refractivity contribution >= 4 is 23.5 Å². The molecule has 30 heavy (non-hydrogen) atoms. The molecule has 2 amide bonds. The van der Waals surface area contributed by atoms with Crippen molar-refractivity contribution < 1.29 is 14.0 Å². The van der Waals surface area contributed by atoms with Gasteiger partial charge in [-0.25, -0.2) is 14.4 Å². The Balaban J connectivity index is 1.48. The van der Waals surface area contributed by atoms with Gasteiger partial charge in [-0.2, -0.15) is 0 Å². The van der Waals surface area contributed by atoms with Crippen molar-refractivity contribution in [2.45, 2.75) is 13.3 Å². The van der Waals surface area contributed by atoms with E-state index < -0.39 is 11.7 Å². The largest absolute Gasteiger partial charge is 0.354 e. The van der Waals surface area contributed by atoms with Gasteiger partial charge in [-0.15, -0.1) is 0 Å². The van der Waals surface area contributed by atoms with Crippen molar-refractivity contribution in [3.63, 3.8) is 0 Å². The molecule has 0 aliphatic carbocycles. The number of carbonyl (C=O) groups excluding carboxylic acids is 2. The van der Waals surface area contributed by atoms with Crippen LogP contribution in [0.15, 0.2) is 60.8 Å². The fraction of sp³-hybridized carbons (Fsp3) is 0.182. The van der Waals surface area contributed by atoms with Gasteiger partial charge in [0.15, 0.2) is 0 Å². The first-order chi connectivity index (χ1) is 14.5. The molecule has 0 aliphatic rings. The maximum absolute atomic E-state index is 13.6. The Bertz CT molecular complexity index is 1020. The van der Waals surface area contributed by atoms with Gasteiger partial charge in [0.25, 0.3) is 5.91 Å². The summed E-state index contributed by atoms with van der Waals surface area (Å²) >= 11 is 0.